The van der Waals surface area contributed by atoms with Crippen LogP contribution in [0.1, 0.15) is 0 Å². The third kappa shape index (κ3) is 5.40. The lowest BCUT2D eigenvalue weighted by Crippen LogP contribution is -2.36. The molecule has 1 aliphatic heterocycles. The second kappa shape index (κ2) is 8.84. The van der Waals surface area contributed by atoms with Crippen LogP contribution >= 0.6 is 40.7 Å². The topological polar surface area (TPSA) is 80.0 Å². The Morgan fingerprint density at radius 1 is 1.05 bits per heavy atom. The maximum atomic E-state index is 5.83. The standard InChI is InChI=1S/C12H14BrN5.2ClH/c13-9-3-5-10(6-4-9)16-11(14)17-12(15)18-7-1-2-8-18;;/h1-6H,7-8H2,(H4,14,15,16,17);2*1H. The summed E-state index contributed by atoms with van der Waals surface area (Å²) in [6.07, 6.45) is 4.06. The molecule has 1 aliphatic rings. The summed E-state index contributed by atoms with van der Waals surface area (Å²) in [7, 11) is 0. The van der Waals surface area contributed by atoms with Crippen molar-refractivity contribution in [1.82, 2.24) is 4.90 Å². The van der Waals surface area contributed by atoms with Gasteiger partial charge in [0.25, 0.3) is 0 Å². The molecule has 8 heteroatoms. The lowest BCUT2D eigenvalue weighted by Gasteiger charge is -2.15. The lowest BCUT2D eigenvalue weighted by atomic mass is 10.3. The Hall–Kier alpha value is -1.24. The van der Waals surface area contributed by atoms with E-state index in [1.807, 2.05) is 41.3 Å². The van der Waals surface area contributed by atoms with Gasteiger partial charge in [-0.25, -0.2) is 4.99 Å². The van der Waals surface area contributed by atoms with Crippen LogP contribution < -0.4 is 11.5 Å². The quantitative estimate of drug-likeness (QED) is 0.446. The van der Waals surface area contributed by atoms with E-state index in [0.717, 1.165) is 23.2 Å². The Kier molecular flexibility index (Phi) is 8.29. The second-order valence-corrected chi connectivity index (χ2v) is 4.71. The van der Waals surface area contributed by atoms with Crippen LogP contribution in [-0.4, -0.2) is 29.9 Å². The van der Waals surface area contributed by atoms with E-state index in [1.165, 1.54) is 0 Å². The van der Waals surface area contributed by atoms with E-state index in [1.54, 1.807) is 0 Å². The molecule has 0 saturated heterocycles. The smallest absolute Gasteiger partial charge is 0.223 e. The van der Waals surface area contributed by atoms with Gasteiger partial charge in [0.15, 0.2) is 5.96 Å². The molecular formula is C12H16BrCl2N5. The molecule has 20 heavy (non-hydrogen) atoms. The summed E-state index contributed by atoms with van der Waals surface area (Å²) < 4.78 is 0.992. The number of aliphatic imine (C=N–C) groups is 2. The number of rotatable bonds is 1. The Labute approximate surface area is 138 Å². The summed E-state index contributed by atoms with van der Waals surface area (Å²) in [4.78, 5) is 10.2. The molecule has 1 heterocycles. The summed E-state index contributed by atoms with van der Waals surface area (Å²) in [6, 6.07) is 7.48. The Bertz CT molecular complexity index is 505. The highest BCUT2D eigenvalue weighted by Crippen LogP contribution is 2.16. The first-order valence-electron chi connectivity index (χ1n) is 5.49. The molecule has 0 unspecified atom stereocenters. The predicted molar refractivity (Wildman–Crippen MR) is 92.3 cm³/mol. The SMILES string of the molecule is Cl.Cl.NC(=Nc1ccc(Br)cc1)/N=C(/N)N1CC=CC1. The van der Waals surface area contributed by atoms with E-state index in [4.69, 9.17) is 11.5 Å². The van der Waals surface area contributed by atoms with E-state index < -0.39 is 0 Å². The molecule has 0 aromatic heterocycles. The van der Waals surface area contributed by atoms with E-state index in [-0.39, 0.29) is 30.8 Å². The van der Waals surface area contributed by atoms with Gasteiger partial charge in [-0.3, -0.25) is 0 Å². The van der Waals surface area contributed by atoms with Crippen molar-refractivity contribution >= 4 is 58.4 Å². The molecule has 1 aromatic carbocycles. The fourth-order valence-corrected chi connectivity index (χ4v) is 1.79. The molecular weight excluding hydrogens is 365 g/mol. The number of hydrogen-bond donors (Lipinski definition) is 2. The molecule has 0 radical (unpaired) electrons. The first-order chi connectivity index (χ1) is 8.65. The zero-order chi connectivity index (χ0) is 13.0. The van der Waals surface area contributed by atoms with Gasteiger partial charge >= 0.3 is 0 Å². The van der Waals surface area contributed by atoms with Crippen LogP contribution in [0.15, 0.2) is 50.9 Å². The van der Waals surface area contributed by atoms with E-state index >= 15 is 0 Å². The summed E-state index contributed by atoms with van der Waals surface area (Å²) in [5.41, 5.74) is 12.3. The van der Waals surface area contributed by atoms with E-state index in [0.29, 0.717) is 5.96 Å². The third-order valence-electron chi connectivity index (χ3n) is 2.44. The number of nitrogens with zero attached hydrogens (tertiary/aromatic N) is 3. The van der Waals surface area contributed by atoms with Gasteiger partial charge in [0.05, 0.1) is 5.69 Å². The maximum Gasteiger partial charge on any atom is 0.223 e. The van der Waals surface area contributed by atoms with Crippen molar-refractivity contribution in [3.63, 3.8) is 0 Å². The van der Waals surface area contributed by atoms with E-state index in [9.17, 15) is 0 Å². The number of hydrogen-bond acceptors (Lipinski definition) is 1. The highest BCUT2D eigenvalue weighted by molar-refractivity contribution is 9.10. The molecule has 1 aromatic rings. The van der Waals surface area contributed by atoms with Gasteiger partial charge in [-0.05, 0) is 24.3 Å². The molecule has 110 valence electrons. The average molecular weight is 381 g/mol. The highest BCUT2D eigenvalue weighted by atomic mass is 79.9. The number of nitrogens with two attached hydrogens (primary N) is 2. The summed E-state index contributed by atoms with van der Waals surface area (Å²) >= 11 is 3.36. The molecule has 0 atom stereocenters. The van der Waals surface area contributed by atoms with Crippen LogP contribution in [0.3, 0.4) is 0 Å². The molecule has 0 bridgehead atoms. The third-order valence-corrected chi connectivity index (χ3v) is 2.97. The molecule has 5 nitrogen and oxygen atoms in total. The number of benzene rings is 1. The first-order valence-corrected chi connectivity index (χ1v) is 6.28. The van der Waals surface area contributed by atoms with Crippen LogP contribution in [-0.2, 0) is 0 Å². The average Bonchev–Trinajstić information content (AvgIpc) is 2.85. The zero-order valence-electron chi connectivity index (χ0n) is 10.6. The van der Waals surface area contributed by atoms with Crippen molar-refractivity contribution in [2.75, 3.05) is 13.1 Å². The van der Waals surface area contributed by atoms with Gasteiger partial charge in [0.2, 0.25) is 5.96 Å². The van der Waals surface area contributed by atoms with Crippen LogP contribution in [0, 0.1) is 0 Å². The number of halogens is 3. The lowest BCUT2D eigenvalue weighted by molar-refractivity contribution is 0.534. The van der Waals surface area contributed by atoms with Gasteiger partial charge in [-0.15, -0.1) is 24.8 Å². The predicted octanol–water partition coefficient (Wildman–Crippen LogP) is 2.43. The molecule has 4 N–H and O–H groups in total. The highest BCUT2D eigenvalue weighted by Gasteiger charge is 2.08. The Morgan fingerprint density at radius 2 is 1.60 bits per heavy atom. The molecule has 0 saturated carbocycles. The minimum atomic E-state index is 0. The normalized spacial score (nSPS) is 14.8. The van der Waals surface area contributed by atoms with Gasteiger partial charge in [0.1, 0.15) is 0 Å². The zero-order valence-corrected chi connectivity index (χ0v) is 13.8. The van der Waals surface area contributed by atoms with Crippen LogP contribution in [0.25, 0.3) is 0 Å². The Morgan fingerprint density at radius 3 is 2.15 bits per heavy atom. The minimum absolute atomic E-state index is 0. The summed E-state index contributed by atoms with van der Waals surface area (Å²) in [5.74, 6) is 0.542. The van der Waals surface area contributed by atoms with E-state index in [2.05, 4.69) is 25.9 Å². The fourth-order valence-electron chi connectivity index (χ4n) is 1.53. The molecule has 2 rings (SSSR count). The van der Waals surface area contributed by atoms with Crippen LogP contribution in [0.5, 0.6) is 0 Å². The molecule has 0 aliphatic carbocycles. The number of guanidine groups is 2. The first kappa shape index (κ1) is 18.8. The van der Waals surface area contributed by atoms with Crippen molar-refractivity contribution < 1.29 is 0 Å². The van der Waals surface area contributed by atoms with Gasteiger partial charge < -0.3 is 16.4 Å². The van der Waals surface area contributed by atoms with Gasteiger partial charge in [-0.1, -0.05) is 28.1 Å². The molecule has 0 fully saturated rings. The van der Waals surface area contributed by atoms with Crippen LogP contribution in [0.4, 0.5) is 5.69 Å². The molecule has 0 amide bonds. The Balaban J connectivity index is 0.00000180. The van der Waals surface area contributed by atoms with Gasteiger partial charge in [-0.2, -0.15) is 4.99 Å². The fraction of sp³-hybridized carbons (Fsp3) is 0.167. The van der Waals surface area contributed by atoms with Crippen molar-refractivity contribution in [1.29, 1.82) is 0 Å². The van der Waals surface area contributed by atoms with Crippen molar-refractivity contribution in [2.24, 2.45) is 21.5 Å². The maximum absolute atomic E-state index is 5.83. The molecule has 0 spiro atoms. The summed E-state index contributed by atoms with van der Waals surface area (Å²) in [6.45, 7) is 1.53. The van der Waals surface area contributed by atoms with Crippen molar-refractivity contribution in [3.8, 4) is 0 Å². The minimum Gasteiger partial charge on any atom is -0.369 e. The van der Waals surface area contributed by atoms with Crippen molar-refractivity contribution in [2.45, 2.75) is 0 Å². The summed E-state index contributed by atoms with van der Waals surface area (Å²) in [5, 5.41) is 0. The van der Waals surface area contributed by atoms with Gasteiger partial charge in [0, 0.05) is 17.6 Å². The second-order valence-electron chi connectivity index (χ2n) is 3.79. The van der Waals surface area contributed by atoms with Crippen molar-refractivity contribution in [3.05, 3.63) is 40.9 Å². The largest absolute Gasteiger partial charge is 0.369 e. The monoisotopic (exact) mass is 379 g/mol. The van der Waals surface area contributed by atoms with Crippen LogP contribution in [0.2, 0.25) is 0 Å².